The SMILES string of the molecule is CCNC(=NCCc1c(C)[nH]c2ccccc12)N1CCC(C(=O)OCC)CC1. The van der Waals surface area contributed by atoms with E-state index in [1.807, 2.05) is 6.92 Å². The van der Waals surface area contributed by atoms with Gasteiger partial charge in [-0.05, 0) is 51.7 Å². The minimum absolute atomic E-state index is 0.0212. The lowest BCUT2D eigenvalue weighted by atomic mass is 9.97. The molecule has 6 nitrogen and oxygen atoms in total. The Balaban J connectivity index is 1.62. The van der Waals surface area contributed by atoms with Crippen molar-refractivity contribution in [3.8, 4) is 0 Å². The molecule has 1 aromatic heterocycles. The van der Waals surface area contributed by atoms with Crippen LogP contribution >= 0.6 is 0 Å². The summed E-state index contributed by atoms with van der Waals surface area (Å²) in [6.07, 6.45) is 2.56. The number of fused-ring (bicyclic) bond motifs is 1. The van der Waals surface area contributed by atoms with Crippen LogP contribution in [-0.2, 0) is 16.0 Å². The molecule has 28 heavy (non-hydrogen) atoms. The maximum Gasteiger partial charge on any atom is 0.309 e. The van der Waals surface area contributed by atoms with Gasteiger partial charge in [0.25, 0.3) is 0 Å². The fourth-order valence-electron chi connectivity index (χ4n) is 3.94. The molecule has 152 valence electrons. The molecule has 0 atom stereocenters. The van der Waals surface area contributed by atoms with Crippen LogP contribution in [0.5, 0.6) is 0 Å². The van der Waals surface area contributed by atoms with Gasteiger partial charge in [-0.15, -0.1) is 0 Å². The third-order valence-electron chi connectivity index (χ3n) is 5.40. The van der Waals surface area contributed by atoms with Crippen LogP contribution in [0.3, 0.4) is 0 Å². The summed E-state index contributed by atoms with van der Waals surface area (Å²) >= 11 is 0. The van der Waals surface area contributed by atoms with E-state index in [2.05, 4.69) is 53.3 Å². The Morgan fingerprint density at radius 1 is 1.29 bits per heavy atom. The standard InChI is InChI=1S/C22H32N4O2/c1-4-23-22(26-14-11-17(12-15-26)21(27)28-5-2)24-13-10-18-16(3)25-20-9-7-6-8-19(18)20/h6-9,17,25H,4-5,10-15H2,1-3H3,(H,23,24). The molecular formula is C22H32N4O2. The number of nitrogens with zero attached hydrogens (tertiary/aromatic N) is 2. The second-order valence-electron chi connectivity index (χ2n) is 7.27. The highest BCUT2D eigenvalue weighted by atomic mass is 16.5. The molecule has 1 aliphatic rings. The Kier molecular flexibility index (Phi) is 6.95. The molecule has 1 fully saturated rings. The van der Waals surface area contributed by atoms with Gasteiger partial charge in [-0.1, -0.05) is 18.2 Å². The number of aromatic nitrogens is 1. The van der Waals surface area contributed by atoms with Crippen molar-refractivity contribution < 1.29 is 9.53 Å². The van der Waals surface area contributed by atoms with Gasteiger partial charge in [0.2, 0.25) is 0 Å². The molecule has 1 saturated heterocycles. The number of guanidine groups is 1. The highest BCUT2D eigenvalue weighted by Gasteiger charge is 2.27. The summed E-state index contributed by atoms with van der Waals surface area (Å²) in [5, 5.41) is 4.69. The van der Waals surface area contributed by atoms with Gasteiger partial charge < -0.3 is 19.9 Å². The molecular weight excluding hydrogens is 352 g/mol. The van der Waals surface area contributed by atoms with Crippen molar-refractivity contribution in [2.24, 2.45) is 10.9 Å². The van der Waals surface area contributed by atoms with Gasteiger partial charge in [-0.3, -0.25) is 9.79 Å². The molecule has 2 heterocycles. The molecule has 0 radical (unpaired) electrons. The molecule has 0 aliphatic carbocycles. The number of aromatic amines is 1. The molecule has 0 saturated carbocycles. The summed E-state index contributed by atoms with van der Waals surface area (Å²) in [5.74, 6) is 0.911. The third kappa shape index (κ3) is 4.66. The zero-order valence-corrected chi connectivity index (χ0v) is 17.3. The number of carbonyl (C=O) groups is 1. The van der Waals surface area contributed by atoms with Crippen LogP contribution in [0.4, 0.5) is 0 Å². The first-order valence-electron chi connectivity index (χ1n) is 10.4. The lowest BCUT2D eigenvalue weighted by Crippen LogP contribution is -2.46. The molecule has 6 heteroatoms. The first-order valence-corrected chi connectivity index (χ1v) is 10.4. The van der Waals surface area contributed by atoms with Gasteiger partial charge in [0.1, 0.15) is 0 Å². The van der Waals surface area contributed by atoms with Crippen molar-refractivity contribution >= 4 is 22.8 Å². The minimum atomic E-state index is -0.0566. The zero-order valence-electron chi connectivity index (χ0n) is 17.3. The van der Waals surface area contributed by atoms with Crippen molar-refractivity contribution in [3.63, 3.8) is 0 Å². The predicted molar refractivity (Wildman–Crippen MR) is 114 cm³/mol. The number of benzene rings is 1. The van der Waals surface area contributed by atoms with Crippen molar-refractivity contribution in [2.75, 3.05) is 32.8 Å². The largest absolute Gasteiger partial charge is 0.466 e. The number of hydrogen-bond donors (Lipinski definition) is 2. The second kappa shape index (κ2) is 9.62. The van der Waals surface area contributed by atoms with Crippen LogP contribution in [0.2, 0.25) is 0 Å². The van der Waals surface area contributed by atoms with E-state index in [-0.39, 0.29) is 11.9 Å². The molecule has 1 aliphatic heterocycles. The highest BCUT2D eigenvalue weighted by Crippen LogP contribution is 2.22. The first-order chi connectivity index (χ1) is 13.6. The number of aryl methyl sites for hydroxylation is 1. The number of esters is 1. The van der Waals surface area contributed by atoms with Gasteiger partial charge in [0.15, 0.2) is 5.96 Å². The predicted octanol–water partition coefficient (Wildman–Crippen LogP) is 3.26. The minimum Gasteiger partial charge on any atom is -0.466 e. The number of aliphatic imine (C=N–C) groups is 1. The van der Waals surface area contributed by atoms with Crippen molar-refractivity contribution in [1.29, 1.82) is 0 Å². The van der Waals surface area contributed by atoms with E-state index < -0.39 is 0 Å². The first kappa shape index (κ1) is 20.2. The van der Waals surface area contributed by atoms with Crippen LogP contribution in [0.15, 0.2) is 29.3 Å². The van der Waals surface area contributed by atoms with E-state index in [1.54, 1.807) is 0 Å². The van der Waals surface area contributed by atoms with E-state index in [0.717, 1.165) is 51.4 Å². The third-order valence-corrected chi connectivity index (χ3v) is 5.40. The van der Waals surface area contributed by atoms with Gasteiger partial charge >= 0.3 is 5.97 Å². The van der Waals surface area contributed by atoms with Crippen LogP contribution < -0.4 is 5.32 Å². The normalized spacial score (nSPS) is 15.8. The molecule has 2 N–H and O–H groups in total. The van der Waals surface area contributed by atoms with Crippen LogP contribution in [0.1, 0.15) is 37.9 Å². The Morgan fingerprint density at radius 3 is 2.75 bits per heavy atom. The number of likely N-dealkylation sites (tertiary alicyclic amines) is 1. The fourth-order valence-corrected chi connectivity index (χ4v) is 3.94. The van der Waals surface area contributed by atoms with Gasteiger partial charge in [-0.2, -0.15) is 0 Å². The number of hydrogen-bond acceptors (Lipinski definition) is 3. The zero-order chi connectivity index (χ0) is 19.9. The summed E-state index contributed by atoms with van der Waals surface area (Å²) in [7, 11) is 0. The van der Waals surface area contributed by atoms with E-state index in [0.29, 0.717) is 6.61 Å². The van der Waals surface area contributed by atoms with E-state index >= 15 is 0 Å². The van der Waals surface area contributed by atoms with Crippen LogP contribution in [-0.4, -0.2) is 54.6 Å². The summed E-state index contributed by atoms with van der Waals surface area (Å²) in [4.78, 5) is 22.5. The molecule has 2 aromatic rings. The molecule has 0 bridgehead atoms. The van der Waals surface area contributed by atoms with Gasteiger partial charge in [0, 0.05) is 42.8 Å². The number of ether oxygens (including phenoxy) is 1. The molecule has 0 unspecified atom stereocenters. The van der Waals surface area contributed by atoms with Gasteiger partial charge in [-0.25, -0.2) is 0 Å². The maximum atomic E-state index is 12.0. The Bertz CT molecular complexity index is 819. The average molecular weight is 385 g/mol. The Morgan fingerprint density at radius 2 is 2.04 bits per heavy atom. The van der Waals surface area contributed by atoms with Gasteiger partial charge in [0.05, 0.1) is 12.5 Å². The number of para-hydroxylation sites is 1. The summed E-state index contributed by atoms with van der Waals surface area (Å²) < 4.78 is 5.17. The number of nitrogens with one attached hydrogen (secondary N) is 2. The monoisotopic (exact) mass is 384 g/mol. The number of carbonyl (C=O) groups excluding carboxylic acids is 1. The molecule has 0 spiro atoms. The highest BCUT2D eigenvalue weighted by molar-refractivity contribution is 5.84. The quantitative estimate of drug-likeness (QED) is 0.456. The van der Waals surface area contributed by atoms with E-state index in [9.17, 15) is 4.79 Å². The molecule has 0 amide bonds. The number of H-pyrrole nitrogens is 1. The van der Waals surface area contributed by atoms with Crippen molar-refractivity contribution in [3.05, 3.63) is 35.5 Å². The maximum absolute atomic E-state index is 12.0. The number of rotatable bonds is 6. The van der Waals surface area contributed by atoms with Crippen LogP contribution in [0.25, 0.3) is 10.9 Å². The Hall–Kier alpha value is -2.50. The molecule has 3 rings (SSSR count). The smallest absolute Gasteiger partial charge is 0.309 e. The average Bonchev–Trinajstić information content (AvgIpc) is 3.03. The molecule has 1 aromatic carbocycles. The topological polar surface area (TPSA) is 69.7 Å². The van der Waals surface area contributed by atoms with Crippen LogP contribution in [0, 0.1) is 12.8 Å². The second-order valence-corrected chi connectivity index (χ2v) is 7.27. The van der Waals surface area contributed by atoms with Crippen molar-refractivity contribution in [1.82, 2.24) is 15.2 Å². The lowest BCUT2D eigenvalue weighted by molar-refractivity contribution is -0.149. The summed E-state index contributed by atoms with van der Waals surface area (Å²) in [6, 6.07) is 8.43. The summed E-state index contributed by atoms with van der Waals surface area (Å²) in [6.45, 7) is 9.78. The van der Waals surface area contributed by atoms with Crippen molar-refractivity contribution in [2.45, 2.75) is 40.0 Å². The number of piperidine rings is 1. The fraction of sp³-hybridized carbons (Fsp3) is 0.545. The van der Waals surface area contributed by atoms with E-state index in [4.69, 9.17) is 9.73 Å². The Labute approximate surface area is 167 Å². The van der Waals surface area contributed by atoms with E-state index in [1.165, 1.54) is 22.2 Å². The summed E-state index contributed by atoms with van der Waals surface area (Å²) in [5.41, 5.74) is 3.75. The lowest BCUT2D eigenvalue weighted by Gasteiger charge is -2.33.